The van der Waals surface area contributed by atoms with Crippen LogP contribution in [-0.4, -0.2) is 47.6 Å². The van der Waals surface area contributed by atoms with Crippen molar-refractivity contribution in [1.29, 1.82) is 0 Å². The highest BCUT2D eigenvalue weighted by Crippen LogP contribution is 2.22. The van der Waals surface area contributed by atoms with E-state index < -0.39 is 0 Å². The van der Waals surface area contributed by atoms with Crippen molar-refractivity contribution in [3.8, 4) is 0 Å². The molecule has 5 heteroatoms. The van der Waals surface area contributed by atoms with Gasteiger partial charge < -0.3 is 15.3 Å². The SMILES string of the molecule is OCC1CNCCN1c1ccc2[nH]ncc2c1. The second-order valence-electron chi connectivity index (χ2n) is 4.38. The largest absolute Gasteiger partial charge is 0.394 e. The van der Waals surface area contributed by atoms with Gasteiger partial charge in [0.15, 0.2) is 0 Å². The Bertz CT molecular complexity index is 510. The summed E-state index contributed by atoms with van der Waals surface area (Å²) in [6.45, 7) is 2.89. The minimum Gasteiger partial charge on any atom is -0.394 e. The first-order chi connectivity index (χ1) is 8.38. The van der Waals surface area contributed by atoms with E-state index in [1.54, 1.807) is 0 Å². The van der Waals surface area contributed by atoms with Gasteiger partial charge >= 0.3 is 0 Å². The first-order valence-electron chi connectivity index (χ1n) is 5.90. The van der Waals surface area contributed by atoms with E-state index in [1.807, 2.05) is 12.3 Å². The lowest BCUT2D eigenvalue weighted by atomic mass is 10.1. The molecule has 1 aliphatic heterocycles. The van der Waals surface area contributed by atoms with Crippen LogP contribution in [0.1, 0.15) is 0 Å². The molecule has 1 atom stereocenters. The summed E-state index contributed by atoms with van der Waals surface area (Å²) in [5.74, 6) is 0. The summed E-state index contributed by atoms with van der Waals surface area (Å²) in [6, 6.07) is 6.39. The van der Waals surface area contributed by atoms with Crippen LogP contribution in [0.3, 0.4) is 0 Å². The molecule has 2 heterocycles. The highest BCUT2D eigenvalue weighted by molar-refractivity contribution is 5.82. The summed E-state index contributed by atoms with van der Waals surface area (Å²) >= 11 is 0. The van der Waals surface area contributed by atoms with Crippen molar-refractivity contribution in [3.63, 3.8) is 0 Å². The van der Waals surface area contributed by atoms with Crippen molar-refractivity contribution in [3.05, 3.63) is 24.4 Å². The summed E-state index contributed by atoms with van der Waals surface area (Å²) in [5.41, 5.74) is 2.20. The fraction of sp³-hybridized carbons (Fsp3) is 0.417. The Morgan fingerprint density at radius 2 is 2.41 bits per heavy atom. The number of fused-ring (bicyclic) bond motifs is 1. The monoisotopic (exact) mass is 232 g/mol. The van der Waals surface area contributed by atoms with Crippen LogP contribution in [-0.2, 0) is 0 Å². The molecular weight excluding hydrogens is 216 g/mol. The van der Waals surface area contributed by atoms with Gasteiger partial charge in [-0.15, -0.1) is 0 Å². The molecule has 17 heavy (non-hydrogen) atoms. The summed E-state index contributed by atoms with van der Waals surface area (Å²) in [5, 5.41) is 20.8. The van der Waals surface area contributed by atoms with Crippen LogP contribution in [0.15, 0.2) is 24.4 Å². The van der Waals surface area contributed by atoms with E-state index in [0.717, 1.165) is 36.2 Å². The Labute approximate surface area is 99.4 Å². The Morgan fingerprint density at radius 3 is 3.29 bits per heavy atom. The lowest BCUT2D eigenvalue weighted by Crippen LogP contribution is -2.53. The molecule has 0 amide bonds. The first kappa shape index (κ1) is 10.6. The van der Waals surface area contributed by atoms with Gasteiger partial charge in [0.2, 0.25) is 0 Å². The number of H-pyrrole nitrogens is 1. The molecule has 1 fully saturated rings. The molecule has 3 N–H and O–H groups in total. The van der Waals surface area contributed by atoms with E-state index in [0.29, 0.717) is 0 Å². The molecule has 2 aromatic rings. The molecule has 0 bridgehead atoms. The Morgan fingerprint density at radius 1 is 1.47 bits per heavy atom. The van der Waals surface area contributed by atoms with Gasteiger partial charge in [-0.2, -0.15) is 5.10 Å². The summed E-state index contributed by atoms with van der Waals surface area (Å²) in [4.78, 5) is 2.25. The van der Waals surface area contributed by atoms with Crippen LogP contribution < -0.4 is 10.2 Å². The van der Waals surface area contributed by atoms with E-state index in [2.05, 4.69) is 32.5 Å². The van der Waals surface area contributed by atoms with Gasteiger partial charge in [0, 0.05) is 30.7 Å². The number of benzene rings is 1. The van der Waals surface area contributed by atoms with Crippen molar-refractivity contribution < 1.29 is 5.11 Å². The lowest BCUT2D eigenvalue weighted by molar-refractivity contribution is 0.246. The van der Waals surface area contributed by atoms with Crippen molar-refractivity contribution in [2.45, 2.75) is 6.04 Å². The van der Waals surface area contributed by atoms with Crippen molar-refractivity contribution in [1.82, 2.24) is 15.5 Å². The van der Waals surface area contributed by atoms with Crippen molar-refractivity contribution in [2.75, 3.05) is 31.1 Å². The molecule has 90 valence electrons. The average molecular weight is 232 g/mol. The highest BCUT2D eigenvalue weighted by Gasteiger charge is 2.21. The topological polar surface area (TPSA) is 64.2 Å². The smallest absolute Gasteiger partial charge is 0.0651 e. The Kier molecular flexibility index (Phi) is 2.70. The molecule has 1 unspecified atom stereocenters. The lowest BCUT2D eigenvalue weighted by Gasteiger charge is -2.37. The number of nitrogens with zero attached hydrogens (tertiary/aromatic N) is 2. The minimum atomic E-state index is 0.160. The number of aromatic nitrogens is 2. The molecule has 3 rings (SSSR count). The van der Waals surface area contributed by atoms with E-state index in [1.165, 1.54) is 0 Å². The number of hydrogen-bond donors (Lipinski definition) is 3. The fourth-order valence-electron chi connectivity index (χ4n) is 2.37. The van der Waals surface area contributed by atoms with Crippen LogP contribution in [0, 0.1) is 0 Å². The molecule has 1 aromatic carbocycles. The van der Waals surface area contributed by atoms with Crippen molar-refractivity contribution in [2.24, 2.45) is 0 Å². The molecule has 0 saturated carbocycles. The van der Waals surface area contributed by atoms with E-state index in [-0.39, 0.29) is 12.6 Å². The van der Waals surface area contributed by atoms with E-state index >= 15 is 0 Å². The number of aromatic amines is 1. The van der Waals surface area contributed by atoms with Gasteiger partial charge in [-0.25, -0.2) is 0 Å². The highest BCUT2D eigenvalue weighted by atomic mass is 16.3. The maximum absolute atomic E-state index is 9.40. The van der Waals surface area contributed by atoms with Gasteiger partial charge in [-0.3, -0.25) is 5.10 Å². The molecule has 0 radical (unpaired) electrons. The van der Waals surface area contributed by atoms with Crippen LogP contribution in [0.2, 0.25) is 0 Å². The summed E-state index contributed by atoms with van der Waals surface area (Å²) in [6.07, 6.45) is 1.83. The summed E-state index contributed by atoms with van der Waals surface area (Å²) < 4.78 is 0. The van der Waals surface area contributed by atoms with Crippen molar-refractivity contribution >= 4 is 16.6 Å². The number of anilines is 1. The zero-order valence-electron chi connectivity index (χ0n) is 9.56. The molecule has 1 saturated heterocycles. The van der Waals surface area contributed by atoms with Gasteiger partial charge in [0.25, 0.3) is 0 Å². The normalized spacial score (nSPS) is 21.0. The molecule has 5 nitrogen and oxygen atoms in total. The molecule has 0 aliphatic carbocycles. The predicted octanol–water partition coefficient (Wildman–Crippen LogP) is 0.333. The predicted molar refractivity (Wildman–Crippen MR) is 67.2 cm³/mol. The zero-order valence-corrected chi connectivity index (χ0v) is 9.56. The third-order valence-corrected chi connectivity index (χ3v) is 3.32. The minimum absolute atomic E-state index is 0.160. The van der Waals surface area contributed by atoms with Gasteiger partial charge in [0.1, 0.15) is 0 Å². The van der Waals surface area contributed by atoms with E-state index in [4.69, 9.17) is 0 Å². The van der Waals surface area contributed by atoms with E-state index in [9.17, 15) is 5.11 Å². The summed E-state index contributed by atoms with van der Waals surface area (Å²) in [7, 11) is 0. The molecule has 1 aromatic heterocycles. The fourth-order valence-corrected chi connectivity index (χ4v) is 2.37. The third-order valence-electron chi connectivity index (χ3n) is 3.32. The van der Waals surface area contributed by atoms with Gasteiger partial charge in [-0.1, -0.05) is 0 Å². The van der Waals surface area contributed by atoms with Gasteiger partial charge in [0.05, 0.1) is 24.4 Å². The second-order valence-corrected chi connectivity index (χ2v) is 4.38. The number of aliphatic hydroxyl groups excluding tert-OH is 1. The maximum Gasteiger partial charge on any atom is 0.0651 e. The van der Waals surface area contributed by atoms with Crippen LogP contribution >= 0.6 is 0 Å². The van der Waals surface area contributed by atoms with Crippen LogP contribution in [0.5, 0.6) is 0 Å². The molecular formula is C12H16N4O. The number of hydrogen-bond acceptors (Lipinski definition) is 4. The Hall–Kier alpha value is -1.59. The Balaban J connectivity index is 1.95. The standard InChI is InChI=1S/C12H16N4O/c17-8-11-7-13-3-4-16(11)10-1-2-12-9(5-10)6-14-15-12/h1-2,5-6,11,13,17H,3-4,7-8H2,(H,14,15). The third kappa shape index (κ3) is 1.87. The zero-order chi connectivity index (χ0) is 11.7. The maximum atomic E-state index is 9.40. The van der Waals surface area contributed by atoms with Gasteiger partial charge in [-0.05, 0) is 18.2 Å². The van der Waals surface area contributed by atoms with Crippen LogP contribution in [0.4, 0.5) is 5.69 Å². The number of rotatable bonds is 2. The molecule has 0 spiro atoms. The number of aliphatic hydroxyl groups is 1. The van der Waals surface area contributed by atoms with Crippen LogP contribution in [0.25, 0.3) is 10.9 Å². The second kappa shape index (κ2) is 4.35. The number of nitrogens with one attached hydrogen (secondary N) is 2. The molecule has 1 aliphatic rings. The average Bonchev–Trinajstić information content (AvgIpc) is 2.85. The quantitative estimate of drug-likeness (QED) is 0.698. The number of piperazine rings is 1. The first-order valence-corrected chi connectivity index (χ1v) is 5.90.